The Labute approximate surface area is 86.2 Å². The molecule has 3 nitrogen and oxygen atoms in total. The number of hydrogen-bond acceptors (Lipinski definition) is 2. The van der Waals surface area contributed by atoms with Crippen LogP contribution in [0.2, 0.25) is 0 Å². The van der Waals surface area contributed by atoms with Gasteiger partial charge in [-0.25, -0.2) is 4.79 Å². The number of carboxylic acid groups (broad SMARTS) is 1. The molecule has 0 atom stereocenters. The number of carbonyl (C=O) groups is 1. The van der Waals surface area contributed by atoms with Gasteiger partial charge in [-0.3, -0.25) is 0 Å². The highest BCUT2D eigenvalue weighted by atomic mass is 16.4. The van der Waals surface area contributed by atoms with Crippen molar-refractivity contribution in [2.45, 2.75) is 45.6 Å². The smallest absolute Gasteiger partial charge is 0.330 e. The van der Waals surface area contributed by atoms with E-state index < -0.39 is 5.97 Å². The first kappa shape index (κ1) is 13.2. The van der Waals surface area contributed by atoms with E-state index in [0.29, 0.717) is 12.0 Å². The summed E-state index contributed by atoms with van der Waals surface area (Å²) >= 11 is 0. The van der Waals surface area contributed by atoms with E-state index in [4.69, 9.17) is 5.11 Å². The molecule has 0 aromatic carbocycles. The van der Waals surface area contributed by atoms with Crippen LogP contribution in [0.3, 0.4) is 0 Å². The van der Waals surface area contributed by atoms with E-state index >= 15 is 0 Å². The highest BCUT2D eigenvalue weighted by Gasteiger charge is 2.07. The predicted octanol–water partition coefficient (Wildman–Crippen LogP) is 2.19. The van der Waals surface area contributed by atoms with Crippen molar-refractivity contribution < 1.29 is 9.90 Å². The Hall–Kier alpha value is -0.830. The molecule has 0 heterocycles. The molecule has 0 aromatic rings. The van der Waals surface area contributed by atoms with Gasteiger partial charge in [-0.15, -0.1) is 0 Å². The second-order valence-corrected chi connectivity index (χ2v) is 4.54. The summed E-state index contributed by atoms with van der Waals surface area (Å²) in [5.41, 5.74) is 0.449. The lowest BCUT2D eigenvalue weighted by Gasteiger charge is -2.20. The second kappa shape index (κ2) is 5.81. The molecule has 0 radical (unpaired) electrons. The molecule has 0 unspecified atom stereocenters. The number of carboxylic acids is 1. The van der Waals surface area contributed by atoms with E-state index in [1.807, 2.05) is 0 Å². The lowest BCUT2D eigenvalue weighted by atomic mass is 10.1. The molecular formula is C11H21NO2. The molecule has 0 aliphatic heterocycles. The van der Waals surface area contributed by atoms with Crippen molar-refractivity contribution >= 4 is 5.97 Å². The highest BCUT2D eigenvalue weighted by molar-refractivity contribution is 5.85. The lowest BCUT2D eigenvalue weighted by molar-refractivity contribution is -0.132. The van der Waals surface area contributed by atoms with Crippen molar-refractivity contribution in [2.24, 2.45) is 0 Å². The molecule has 0 saturated heterocycles. The zero-order valence-corrected chi connectivity index (χ0v) is 9.39. The molecule has 0 fully saturated rings. The van der Waals surface area contributed by atoms with Crippen LogP contribution < -0.4 is 5.32 Å². The maximum atomic E-state index is 10.4. The van der Waals surface area contributed by atoms with Gasteiger partial charge in [0, 0.05) is 11.1 Å². The Morgan fingerprint density at radius 1 is 1.36 bits per heavy atom. The van der Waals surface area contributed by atoms with Crippen molar-refractivity contribution in [3.63, 3.8) is 0 Å². The molecular weight excluding hydrogens is 178 g/mol. The fourth-order valence-corrected chi connectivity index (χ4v) is 1.03. The minimum absolute atomic E-state index is 0.143. The van der Waals surface area contributed by atoms with Crippen molar-refractivity contribution in [3.05, 3.63) is 12.2 Å². The summed E-state index contributed by atoms with van der Waals surface area (Å²) in [7, 11) is 0. The van der Waals surface area contributed by atoms with Gasteiger partial charge in [-0.05, 0) is 46.6 Å². The zero-order valence-electron chi connectivity index (χ0n) is 9.39. The molecule has 0 aliphatic rings. The SMILES string of the molecule is C=C(CCCCNC(C)(C)C)C(=O)O. The third-order valence-electron chi connectivity index (χ3n) is 1.86. The molecule has 2 N–H and O–H groups in total. The van der Waals surface area contributed by atoms with Gasteiger partial charge in [-0.2, -0.15) is 0 Å². The standard InChI is InChI=1S/C11H21NO2/c1-9(10(13)14)7-5-6-8-12-11(2,3)4/h12H,1,5-8H2,2-4H3,(H,13,14). The van der Waals surface area contributed by atoms with Gasteiger partial charge in [0.25, 0.3) is 0 Å². The summed E-state index contributed by atoms with van der Waals surface area (Å²) in [6, 6.07) is 0. The van der Waals surface area contributed by atoms with Gasteiger partial charge in [0.15, 0.2) is 0 Å². The van der Waals surface area contributed by atoms with Crippen molar-refractivity contribution in [1.82, 2.24) is 5.32 Å². The van der Waals surface area contributed by atoms with Crippen molar-refractivity contribution in [1.29, 1.82) is 0 Å². The van der Waals surface area contributed by atoms with Gasteiger partial charge in [0.05, 0.1) is 0 Å². The average molecular weight is 199 g/mol. The van der Waals surface area contributed by atoms with E-state index in [-0.39, 0.29) is 5.54 Å². The van der Waals surface area contributed by atoms with Gasteiger partial charge in [-0.1, -0.05) is 6.58 Å². The summed E-state index contributed by atoms with van der Waals surface area (Å²) in [6.45, 7) is 10.8. The number of nitrogens with one attached hydrogen (secondary N) is 1. The predicted molar refractivity (Wildman–Crippen MR) is 58.4 cm³/mol. The minimum Gasteiger partial charge on any atom is -0.478 e. The van der Waals surface area contributed by atoms with Gasteiger partial charge in [0.1, 0.15) is 0 Å². The summed E-state index contributed by atoms with van der Waals surface area (Å²) in [6.07, 6.45) is 2.46. The normalized spacial score (nSPS) is 11.4. The molecule has 0 bridgehead atoms. The summed E-state index contributed by atoms with van der Waals surface area (Å²) in [5.74, 6) is -0.881. The number of aliphatic carboxylic acids is 1. The van der Waals surface area contributed by atoms with Gasteiger partial charge < -0.3 is 10.4 Å². The minimum atomic E-state index is -0.881. The summed E-state index contributed by atoms with van der Waals surface area (Å²) < 4.78 is 0. The molecule has 0 rings (SSSR count). The van der Waals surface area contributed by atoms with Gasteiger partial charge >= 0.3 is 5.97 Å². The Kier molecular flexibility index (Phi) is 5.46. The van der Waals surface area contributed by atoms with Crippen LogP contribution in [0.1, 0.15) is 40.0 Å². The first-order valence-corrected chi connectivity index (χ1v) is 4.99. The van der Waals surface area contributed by atoms with Crippen LogP contribution >= 0.6 is 0 Å². The molecule has 0 amide bonds. The van der Waals surface area contributed by atoms with Crippen LogP contribution in [0.15, 0.2) is 12.2 Å². The maximum Gasteiger partial charge on any atom is 0.330 e. The Bertz CT molecular complexity index is 204. The van der Waals surface area contributed by atoms with Crippen LogP contribution in [0.4, 0.5) is 0 Å². The van der Waals surface area contributed by atoms with Crippen LogP contribution in [0, 0.1) is 0 Å². The van der Waals surface area contributed by atoms with Crippen LogP contribution in [-0.4, -0.2) is 23.2 Å². The molecule has 0 saturated carbocycles. The molecule has 3 heteroatoms. The summed E-state index contributed by atoms with van der Waals surface area (Å²) in [4.78, 5) is 10.4. The van der Waals surface area contributed by atoms with Crippen LogP contribution in [0.5, 0.6) is 0 Å². The van der Waals surface area contributed by atoms with E-state index in [1.165, 1.54) is 0 Å². The topological polar surface area (TPSA) is 49.3 Å². The molecule has 0 aliphatic carbocycles. The highest BCUT2D eigenvalue weighted by Crippen LogP contribution is 2.05. The van der Waals surface area contributed by atoms with Crippen molar-refractivity contribution in [3.8, 4) is 0 Å². The second-order valence-electron chi connectivity index (χ2n) is 4.54. The number of unbranched alkanes of at least 4 members (excludes halogenated alkanes) is 1. The number of rotatable bonds is 6. The zero-order chi connectivity index (χ0) is 11.2. The fourth-order valence-electron chi connectivity index (χ4n) is 1.03. The molecule has 14 heavy (non-hydrogen) atoms. The largest absolute Gasteiger partial charge is 0.478 e. The lowest BCUT2D eigenvalue weighted by Crippen LogP contribution is -2.36. The fraction of sp³-hybridized carbons (Fsp3) is 0.727. The average Bonchev–Trinajstić information content (AvgIpc) is 2.01. The van der Waals surface area contributed by atoms with Crippen molar-refractivity contribution in [2.75, 3.05) is 6.54 Å². The summed E-state index contributed by atoms with van der Waals surface area (Å²) in [5, 5.41) is 11.9. The Morgan fingerprint density at radius 3 is 2.36 bits per heavy atom. The number of hydrogen-bond donors (Lipinski definition) is 2. The van der Waals surface area contributed by atoms with Crippen LogP contribution in [-0.2, 0) is 4.79 Å². The van der Waals surface area contributed by atoms with Crippen LogP contribution in [0.25, 0.3) is 0 Å². The van der Waals surface area contributed by atoms with Gasteiger partial charge in [0.2, 0.25) is 0 Å². The third-order valence-corrected chi connectivity index (χ3v) is 1.86. The van der Waals surface area contributed by atoms with E-state index in [0.717, 1.165) is 19.4 Å². The Morgan fingerprint density at radius 2 is 1.93 bits per heavy atom. The van der Waals surface area contributed by atoms with E-state index in [2.05, 4.69) is 32.7 Å². The van der Waals surface area contributed by atoms with E-state index in [9.17, 15) is 4.79 Å². The monoisotopic (exact) mass is 199 g/mol. The molecule has 82 valence electrons. The Balaban J connectivity index is 3.39. The quantitative estimate of drug-likeness (QED) is 0.509. The molecule has 0 aromatic heterocycles. The third kappa shape index (κ3) is 7.80. The maximum absolute atomic E-state index is 10.4. The molecule has 0 spiro atoms. The van der Waals surface area contributed by atoms with E-state index in [1.54, 1.807) is 0 Å². The first-order valence-electron chi connectivity index (χ1n) is 4.99. The first-order chi connectivity index (χ1) is 6.33.